The minimum atomic E-state index is -0.202. The fraction of sp³-hybridized carbons (Fsp3) is 0.312. The summed E-state index contributed by atoms with van der Waals surface area (Å²) in [5, 5.41) is 6.66. The number of hydrogen-bond acceptors (Lipinski definition) is 6. The van der Waals surface area contributed by atoms with E-state index < -0.39 is 0 Å². The fourth-order valence-electron chi connectivity index (χ4n) is 2.07. The normalized spacial score (nSPS) is 12.1. The summed E-state index contributed by atoms with van der Waals surface area (Å²) >= 11 is 0. The van der Waals surface area contributed by atoms with E-state index in [-0.39, 0.29) is 11.9 Å². The molecule has 0 saturated carbocycles. The van der Waals surface area contributed by atoms with Crippen LogP contribution in [0.2, 0.25) is 0 Å². The molecule has 1 amide bonds. The Morgan fingerprint density at radius 2 is 2.25 bits per heavy atom. The molecule has 1 N–H and O–H groups in total. The molecule has 0 bridgehead atoms. The third kappa shape index (κ3) is 3.32. The molecular formula is C16H18N6O2. The largest absolute Gasteiger partial charge is 0.348 e. The van der Waals surface area contributed by atoms with Crippen molar-refractivity contribution in [2.24, 2.45) is 0 Å². The third-order valence-corrected chi connectivity index (χ3v) is 3.59. The predicted molar refractivity (Wildman–Crippen MR) is 86.6 cm³/mol. The molecular weight excluding hydrogens is 308 g/mol. The summed E-state index contributed by atoms with van der Waals surface area (Å²) < 4.78 is 6.84. The second kappa shape index (κ2) is 6.61. The van der Waals surface area contributed by atoms with Crippen molar-refractivity contribution < 1.29 is 9.32 Å². The van der Waals surface area contributed by atoms with Crippen LogP contribution in [0.5, 0.6) is 0 Å². The van der Waals surface area contributed by atoms with E-state index in [4.69, 9.17) is 4.52 Å². The Hall–Kier alpha value is -3.03. The molecule has 3 aromatic rings. The molecule has 3 aromatic heterocycles. The molecule has 0 radical (unpaired) electrons. The van der Waals surface area contributed by atoms with Gasteiger partial charge in [-0.25, -0.2) is 9.97 Å². The summed E-state index contributed by atoms with van der Waals surface area (Å²) in [5.41, 5.74) is 1.09. The standard InChI is InChI=1S/C16H18N6O2/c1-4-10(2)19-15(23)13-8-22(9-18-13)14-7-12(5-6-17-14)16-20-11(3)21-24-16/h5-10H,4H2,1-3H3,(H,19,23)/t10-/m0/s1. The van der Waals surface area contributed by atoms with Gasteiger partial charge in [-0.15, -0.1) is 0 Å². The number of carbonyl (C=O) groups is 1. The zero-order valence-electron chi connectivity index (χ0n) is 13.7. The maximum atomic E-state index is 12.1. The van der Waals surface area contributed by atoms with E-state index in [2.05, 4.69) is 25.4 Å². The van der Waals surface area contributed by atoms with Crippen LogP contribution in [0.15, 0.2) is 35.4 Å². The molecule has 24 heavy (non-hydrogen) atoms. The minimum Gasteiger partial charge on any atom is -0.348 e. The summed E-state index contributed by atoms with van der Waals surface area (Å²) in [7, 11) is 0. The van der Waals surface area contributed by atoms with Gasteiger partial charge in [0.2, 0.25) is 0 Å². The average Bonchev–Trinajstić information content (AvgIpc) is 3.24. The van der Waals surface area contributed by atoms with Crippen molar-refractivity contribution in [3.05, 3.63) is 42.4 Å². The van der Waals surface area contributed by atoms with E-state index in [1.165, 1.54) is 0 Å². The number of amides is 1. The molecule has 0 spiro atoms. The van der Waals surface area contributed by atoms with Crippen molar-refractivity contribution in [3.8, 4) is 17.3 Å². The number of rotatable bonds is 5. The van der Waals surface area contributed by atoms with E-state index in [0.717, 1.165) is 12.0 Å². The number of aryl methyl sites for hydroxylation is 1. The Morgan fingerprint density at radius 3 is 2.96 bits per heavy atom. The number of pyridine rings is 1. The van der Waals surface area contributed by atoms with Crippen molar-refractivity contribution in [3.63, 3.8) is 0 Å². The summed E-state index contributed by atoms with van der Waals surface area (Å²) in [5.74, 6) is 1.39. The van der Waals surface area contributed by atoms with E-state index in [0.29, 0.717) is 23.2 Å². The zero-order valence-corrected chi connectivity index (χ0v) is 13.7. The second-order valence-corrected chi connectivity index (χ2v) is 5.50. The zero-order chi connectivity index (χ0) is 17.1. The van der Waals surface area contributed by atoms with Crippen molar-refractivity contribution in [1.29, 1.82) is 0 Å². The second-order valence-electron chi connectivity index (χ2n) is 5.50. The number of carbonyl (C=O) groups excluding carboxylic acids is 1. The molecule has 124 valence electrons. The first-order valence-corrected chi connectivity index (χ1v) is 7.68. The van der Waals surface area contributed by atoms with Gasteiger partial charge in [0.1, 0.15) is 17.8 Å². The minimum absolute atomic E-state index is 0.102. The smallest absolute Gasteiger partial charge is 0.271 e. The van der Waals surface area contributed by atoms with Gasteiger partial charge in [-0.1, -0.05) is 12.1 Å². The van der Waals surface area contributed by atoms with E-state index in [1.54, 1.807) is 42.3 Å². The number of aromatic nitrogens is 5. The highest BCUT2D eigenvalue weighted by Gasteiger charge is 2.13. The third-order valence-electron chi connectivity index (χ3n) is 3.59. The van der Waals surface area contributed by atoms with Crippen LogP contribution in [0, 0.1) is 6.92 Å². The van der Waals surface area contributed by atoms with Gasteiger partial charge in [0.05, 0.1) is 0 Å². The van der Waals surface area contributed by atoms with Gasteiger partial charge in [0, 0.05) is 24.0 Å². The lowest BCUT2D eigenvalue weighted by Gasteiger charge is -2.09. The fourth-order valence-corrected chi connectivity index (χ4v) is 2.07. The van der Waals surface area contributed by atoms with Crippen LogP contribution >= 0.6 is 0 Å². The highest BCUT2D eigenvalue weighted by atomic mass is 16.5. The Labute approximate surface area is 138 Å². The number of imidazole rings is 1. The van der Waals surface area contributed by atoms with Gasteiger partial charge >= 0.3 is 0 Å². The van der Waals surface area contributed by atoms with Crippen LogP contribution in [0.1, 0.15) is 36.6 Å². The molecule has 0 aromatic carbocycles. The van der Waals surface area contributed by atoms with Crippen molar-refractivity contribution in [2.45, 2.75) is 33.2 Å². The van der Waals surface area contributed by atoms with E-state index in [9.17, 15) is 4.79 Å². The first-order chi connectivity index (χ1) is 11.6. The van der Waals surface area contributed by atoms with Crippen LogP contribution in [-0.4, -0.2) is 36.6 Å². The predicted octanol–water partition coefficient (Wildman–Crippen LogP) is 2.15. The number of hydrogen-bond donors (Lipinski definition) is 1. The van der Waals surface area contributed by atoms with E-state index in [1.807, 2.05) is 13.8 Å². The summed E-state index contributed by atoms with van der Waals surface area (Å²) in [6, 6.07) is 3.68. The maximum absolute atomic E-state index is 12.1. The van der Waals surface area contributed by atoms with Gasteiger partial charge in [-0.2, -0.15) is 4.98 Å². The monoisotopic (exact) mass is 326 g/mol. The topological polar surface area (TPSA) is 98.7 Å². The summed E-state index contributed by atoms with van der Waals surface area (Å²) in [4.78, 5) is 24.7. The maximum Gasteiger partial charge on any atom is 0.271 e. The Balaban J connectivity index is 1.84. The van der Waals surface area contributed by atoms with Crippen molar-refractivity contribution in [2.75, 3.05) is 0 Å². The lowest BCUT2D eigenvalue weighted by Crippen LogP contribution is -2.32. The number of nitrogens with one attached hydrogen (secondary N) is 1. The van der Waals surface area contributed by atoms with Crippen molar-refractivity contribution in [1.82, 2.24) is 30.0 Å². The molecule has 0 aliphatic carbocycles. The Kier molecular flexibility index (Phi) is 4.37. The quantitative estimate of drug-likeness (QED) is 0.771. The van der Waals surface area contributed by atoms with Crippen LogP contribution < -0.4 is 5.32 Å². The molecule has 1 atom stereocenters. The lowest BCUT2D eigenvalue weighted by atomic mass is 10.2. The highest BCUT2D eigenvalue weighted by Crippen LogP contribution is 2.19. The van der Waals surface area contributed by atoms with Gasteiger partial charge in [0.15, 0.2) is 5.82 Å². The molecule has 8 nitrogen and oxygen atoms in total. The molecule has 0 saturated heterocycles. The average molecular weight is 326 g/mol. The van der Waals surface area contributed by atoms with Crippen LogP contribution in [0.3, 0.4) is 0 Å². The van der Waals surface area contributed by atoms with Gasteiger partial charge < -0.3 is 9.84 Å². The molecule has 0 fully saturated rings. The first-order valence-electron chi connectivity index (χ1n) is 7.68. The van der Waals surface area contributed by atoms with Crippen LogP contribution in [0.25, 0.3) is 17.3 Å². The highest BCUT2D eigenvalue weighted by molar-refractivity contribution is 5.92. The van der Waals surface area contributed by atoms with E-state index >= 15 is 0 Å². The molecule has 0 aliphatic rings. The van der Waals surface area contributed by atoms with Gasteiger partial charge in [0.25, 0.3) is 11.8 Å². The van der Waals surface area contributed by atoms with Gasteiger partial charge in [-0.05, 0) is 32.4 Å². The first kappa shape index (κ1) is 15.9. The van der Waals surface area contributed by atoms with Crippen LogP contribution in [-0.2, 0) is 0 Å². The molecule has 3 rings (SSSR count). The van der Waals surface area contributed by atoms with Crippen LogP contribution in [0.4, 0.5) is 0 Å². The lowest BCUT2D eigenvalue weighted by molar-refractivity contribution is 0.0934. The molecule has 8 heteroatoms. The SMILES string of the molecule is CC[C@H](C)NC(=O)c1cn(-c2cc(-c3nc(C)no3)ccn2)cn1. The van der Waals surface area contributed by atoms with Gasteiger partial charge in [-0.3, -0.25) is 9.36 Å². The summed E-state index contributed by atoms with van der Waals surface area (Å²) in [6.45, 7) is 5.72. The number of nitrogens with zero attached hydrogens (tertiary/aromatic N) is 5. The molecule has 3 heterocycles. The summed E-state index contributed by atoms with van der Waals surface area (Å²) in [6.07, 6.45) is 5.70. The molecule has 0 unspecified atom stereocenters. The Bertz CT molecular complexity index is 854. The molecule has 0 aliphatic heterocycles. The Morgan fingerprint density at radius 1 is 1.42 bits per heavy atom. The van der Waals surface area contributed by atoms with Crippen molar-refractivity contribution >= 4 is 5.91 Å².